The predicted octanol–water partition coefficient (Wildman–Crippen LogP) is 1.54. The summed E-state index contributed by atoms with van der Waals surface area (Å²) in [5.74, 6) is -1.60. The fourth-order valence-electron chi connectivity index (χ4n) is 1.40. The van der Waals surface area contributed by atoms with Crippen molar-refractivity contribution in [2.24, 2.45) is 0 Å². The Bertz CT molecular complexity index is 745. The van der Waals surface area contributed by atoms with Crippen LogP contribution < -0.4 is 10.3 Å². The Labute approximate surface area is 122 Å². The van der Waals surface area contributed by atoms with Crippen LogP contribution in [0.15, 0.2) is 45.9 Å². The van der Waals surface area contributed by atoms with E-state index in [0.29, 0.717) is 4.47 Å². The Morgan fingerprint density at radius 2 is 2.00 bits per heavy atom. The summed E-state index contributed by atoms with van der Waals surface area (Å²) in [7, 11) is -4.17. The van der Waals surface area contributed by atoms with Gasteiger partial charge in [-0.15, -0.1) is 4.83 Å². The summed E-state index contributed by atoms with van der Waals surface area (Å²) in [6.07, 6.45) is 1.51. The van der Waals surface area contributed by atoms with Crippen molar-refractivity contribution < 1.29 is 17.6 Å². The summed E-state index contributed by atoms with van der Waals surface area (Å²) in [6, 6.07) is 6.31. The first-order chi connectivity index (χ1) is 9.40. The monoisotopic (exact) mass is 361 g/mol. The summed E-state index contributed by atoms with van der Waals surface area (Å²) >= 11 is 3.14. The van der Waals surface area contributed by atoms with E-state index in [1.54, 1.807) is 0 Å². The molecule has 0 bridgehead atoms. The van der Waals surface area contributed by atoms with Gasteiger partial charge < -0.3 is 4.98 Å². The van der Waals surface area contributed by atoms with Crippen molar-refractivity contribution in [1.82, 2.24) is 15.2 Å². The molecule has 0 saturated heterocycles. The maximum atomic E-state index is 13.4. The van der Waals surface area contributed by atoms with Gasteiger partial charge in [-0.05, 0) is 34.1 Å². The third-order valence-corrected chi connectivity index (χ3v) is 4.06. The maximum absolute atomic E-state index is 13.4. The molecule has 6 nitrogen and oxygen atoms in total. The van der Waals surface area contributed by atoms with Crippen molar-refractivity contribution in [3.63, 3.8) is 0 Å². The molecule has 3 N–H and O–H groups in total. The maximum Gasteiger partial charge on any atom is 0.282 e. The first-order valence-electron chi connectivity index (χ1n) is 5.31. The Balaban J connectivity index is 2.10. The average Bonchev–Trinajstić information content (AvgIpc) is 2.83. The van der Waals surface area contributed by atoms with E-state index in [-0.39, 0.29) is 5.69 Å². The normalized spacial score (nSPS) is 11.3. The zero-order valence-electron chi connectivity index (χ0n) is 9.85. The predicted molar refractivity (Wildman–Crippen MR) is 72.7 cm³/mol. The largest absolute Gasteiger partial charge is 0.356 e. The zero-order valence-corrected chi connectivity index (χ0v) is 12.3. The highest BCUT2D eigenvalue weighted by atomic mass is 79.9. The average molecular weight is 362 g/mol. The molecule has 9 heteroatoms. The topological polar surface area (TPSA) is 91.1 Å². The van der Waals surface area contributed by atoms with E-state index in [1.807, 2.05) is 10.3 Å². The van der Waals surface area contributed by atoms with Crippen LogP contribution >= 0.6 is 15.9 Å². The Hall–Kier alpha value is -1.71. The van der Waals surface area contributed by atoms with Gasteiger partial charge in [0.1, 0.15) is 16.4 Å². The number of sulfonamides is 1. The lowest BCUT2D eigenvalue weighted by molar-refractivity contribution is 0.0940. The molecule has 0 unspecified atom stereocenters. The number of amides is 1. The van der Waals surface area contributed by atoms with Gasteiger partial charge in [0, 0.05) is 10.7 Å². The van der Waals surface area contributed by atoms with Gasteiger partial charge >= 0.3 is 0 Å². The molecule has 2 rings (SSSR count). The van der Waals surface area contributed by atoms with E-state index in [1.165, 1.54) is 24.4 Å². The molecule has 0 aliphatic carbocycles. The number of nitrogens with one attached hydrogen (secondary N) is 3. The van der Waals surface area contributed by atoms with Crippen LogP contribution in [0.25, 0.3) is 0 Å². The van der Waals surface area contributed by atoms with Crippen LogP contribution in [0.2, 0.25) is 0 Å². The highest BCUT2D eigenvalue weighted by Gasteiger charge is 2.19. The molecule has 0 atom stereocenters. The zero-order chi connectivity index (χ0) is 14.8. The number of rotatable bonds is 4. The Kier molecular flexibility index (Phi) is 4.21. The minimum Gasteiger partial charge on any atom is -0.356 e. The number of aromatic nitrogens is 1. The summed E-state index contributed by atoms with van der Waals surface area (Å²) in [4.78, 5) is 15.5. The molecule has 0 saturated carbocycles. The number of aromatic amines is 1. The van der Waals surface area contributed by atoms with E-state index >= 15 is 0 Å². The molecule has 20 heavy (non-hydrogen) atoms. The van der Waals surface area contributed by atoms with E-state index < -0.39 is 26.6 Å². The lowest BCUT2D eigenvalue weighted by atomic mass is 10.4. The number of hydrogen-bond donors (Lipinski definition) is 3. The number of carbonyl (C=O) groups is 1. The third kappa shape index (κ3) is 3.24. The third-order valence-electron chi connectivity index (χ3n) is 2.32. The SMILES string of the molecule is O=C(NNS(=O)(=O)c1ccccc1F)c1cc(Br)c[nH]1. The van der Waals surface area contributed by atoms with Crippen molar-refractivity contribution in [1.29, 1.82) is 0 Å². The van der Waals surface area contributed by atoms with E-state index in [2.05, 4.69) is 20.9 Å². The quantitative estimate of drug-likeness (QED) is 0.721. The van der Waals surface area contributed by atoms with Crippen LogP contribution in [0.4, 0.5) is 4.39 Å². The second kappa shape index (κ2) is 5.73. The van der Waals surface area contributed by atoms with Crippen LogP contribution in [-0.2, 0) is 10.0 Å². The standard InChI is InChI=1S/C11H9BrFN3O3S/c12-7-5-9(14-6-7)11(17)15-16-20(18,19)10-4-2-1-3-8(10)13/h1-6,14,16H,(H,15,17). The second-order valence-electron chi connectivity index (χ2n) is 3.72. The minimum atomic E-state index is -4.17. The van der Waals surface area contributed by atoms with Crippen molar-refractivity contribution in [2.75, 3.05) is 0 Å². The summed E-state index contributed by atoms with van der Waals surface area (Å²) < 4.78 is 37.6. The lowest BCUT2D eigenvalue weighted by Gasteiger charge is -2.08. The molecule has 0 radical (unpaired) electrons. The van der Waals surface area contributed by atoms with Crippen LogP contribution in [0.1, 0.15) is 10.5 Å². The van der Waals surface area contributed by atoms with Crippen LogP contribution in [0, 0.1) is 5.82 Å². The van der Waals surface area contributed by atoms with E-state index in [9.17, 15) is 17.6 Å². The van der Waals surface area contributed by atoms with Crippen LogP contribution in [0.5, 0.6) is 0 Å². The van der Waals surface area contributed by atoms with Crippen LogP contribution in [-0.4, -0.2) is 19.3 Å². The van der Waals surface area contributed by atoms with Crippen molar-refractivity contribution in [2.45, 2.75) is 4.90 Å². The van der Waals surface area contributed by atoms with Gasteiger partial charge in [-0.1, -0.05) is 12.1 Å². The molecule has 0 spiro atoms. The first kappa shape index (κ1) is 14.7. The Morgan fingerprint density at radius 3 is 2.60 bits per heavy atom. The van der Waals surface area contributed by atoms with E-state index in [0.717, 1.165) is 12.1 Å². The highest BCUT2D eigenvalue weighted by Crippen LogP contribution is 2.13. The molecule has 0 fully saturated rings. The van der Waals surface area contributed by atoms with Crippen LogP contribution in [0.3, 0.4) is 0 Å². The summed E-state index contributed by atoms with van der Waals surface area (Å²) in [5, 5.41) is 0. The van der Waals surface area contributed by atoms with Crippen molar-refractivity contribution in [3.8, 4) is 0 Å². The summed E-state index contributed by atoms with van der Waals surface area (Å²) in [5.41, 5.74) is 2.13. The van der Waals surface area contributed by atoms with Gasteiger partial charge in [0.05, 0.1) is 0 Å². The molecule has 0 aliphatic heterocycles. The molecule has 106 valence electrons. The number of hydrogen-bond acceptors (Lipinski definition) is 3. The van der Waals surface area contributed by atoms with Gasteiger partial charge in [-0.2, -0.15) is 0 Å². The van der Waals surface area contributed by atoms with Gasteiger partial charge in [0.25, 0.3) is 15.9 Å². The molecular formula is C11H9BrFN3O3S. The lowest BCUT2D eigenvalue weighted by Crippen LogP contribution is -2.41. The molecule has 1 heterocycles. The molecule has 1 aromatic carbocycles. The smallest absolute Gasteiger partial charge is 0.282 e. The van der Waals surface area contributed by atoms with Crippen molar-refractivity contribution in [3.05, 3.63) is 52.5 Å². The fourth-order valence-corrected chi connectivity index (χ4v) is 2.66. The highest BCUT2D eigenvalue weighted by molar-refractivity contribution is 9.10. The second-order valence-corrected chi connectivity index (χ2v) is 6.29. The molecular weight excluding hydrogens is 353 g/mol. The molecule has 1 aromatic heterocycles. The van der Waals surface area contributed by atoms with Gasteiger partial charge in [-0.3, -0.25) is 10.2 Å². The number of benzene rings is 1. The van der Waals surface area contributed by atoms with Gasteiger partial charge in [0.2, 0.25) is 0 Å². The van der Waals surface area contributed by atoms with Gasteiger partial charge in [0.15, 0.2) is 0 Å². The van der Waals surface area contributed by atoms with Gasteiger partial charge in [-0.25, -0.2) is 12.8 Å². The number of carbonyl (C=O) groups excluding carboxylic acids is 1. The number of H-pyrrole nitrogens is 1. The van der Waals surface area contributed by atoms with Crippen molar-refractivity contribution >= 4 is 31.9 Å². The Morgan fingerprint density at radius 1 is 1.30 bits per heavy atom. The summed E-state index contributed by atoms with van der Waals surface area (Å²) in [6.45, 7) is 0. The number of halogens is 2. The first-order valence-corrected chi connectivity index (χ1v) is 7.58. The minimum absolute atomic E-state index is 0.146. The number of hydrazine groups is 1. The molecule has 1 amide bonds. The molecule has 0 aliphatic rings. The fraction of sp³-hybridized carbons (Fsp3) is 0. The molecule has 2 aromatic rings. The van der Waals surface area contributed by atoms with E-state index in [4.69, 9.17) is 0 Å².